The molecule has 4 aliphatic carbocycles. The molecule has 0 bridgehead atoms. The number of aliphatic hydroxyl groups excluding tert-OH is 3. The molecule has 0 aromatic carbocycles. The first kappa shape index (κ1) is 34.3. The molecule has 0 heterocycles. The summed E-state index contributed by atoms with van der Waals surface area (Å²) in [7, 11) is 0. The largest absolute Gasteiger partial charge is 0.393 e. The molecule has 10 heteroatoms. The zero-order chi connectivity index (χ0) is 32.1. The predicted octanol–water partition coefficient (Wildman–Crippen LogP) is 4.59. The average molecular weight is 612 g/mol. The fourth-order valence-corrected chi connectivity index (χ4v) is 9.98. The number of nitrogens with zero attached hydrogens (tertiary/aromatic N) is 3. The van der Waals surface area contributed by atoms with Crippen LogP contribution in [0.25, 0.3) is 10.4 Å². The van der Waals surface area contributed by atoms with Gasteiger partial charge < -0.3 is 26.0 Å². The molecule has 0 spiro atoms. The summed E-state index contributed by atoms with van der Waals surface area (Å²) in [6.07, 6.45) is 15.4. The van der Waals surface area contributed by atoms with Crippen LogP contribution in [0.5, 0.6) is 0 Å². The second-order valence-electron chi connectivity index (χ2n) is 14.6. The van der Waals surface area contributed by atoms with Gasteiger partial charge in [-0.2, -0.15) is 0 Å². The topological polar surface area (TPSA) is 168 Å². The van der Waals surface area contributed by atoms with Crippen molar-refractivity contribution in [3.05, 3.63) is 22.6 Å². The number of carbonyl (C=O) groups is 2. The molecule has 5 N–H and O–H groups in total. The number of rotatable bonds is 12. The Bertz CT molecular complexity index is 1150. The van der Waals surface area contributed by atoms with E-state index in [9.17, 15) is 24.9 Å². The number of amides is 2. The Hall–Kier alpha value is -2.57. The second kappa shape index (κ2) is 14.7. The highest BCUT2D eigenvalue weighted by Crippen LogP contribution is 2.68. The molecule has 44 heavy (non-hydrogen) atoms. The minimum Gasteiger partial charge on any atom is -0.393 e. The van der Waals surface area contributed by atoms with Gasteiger partial charge in [0.2, 0.25) is 11.8 Å². The number of fused-ring (bicyclic) bond motifs is 5. The van der Waals surface area contributed by atoms with Gasteiger partial charge in [0.1, 0.15) is 6.17 Å². The molecule has 4 rings (SSSR count). The van der Waals surface area contributed by atoms with Crippen LogP contribution >= 0.6 is 0 Å². The number of carbonyl (C=O) groups excluding carboxylic acids is 2. The van der Waals surface area contributed by atoms with Gasteiger partial charge in [-0.3, -0.25) is 9.59 Å². The molecule has 4 saturated carbocycles. The third-order valence-electron chi connectivity index (χ3n) is 12.3. The van der Waals surface area contributed by atoms with Gasteiger partial charge in [0.05, 0.1) is 18.3 Å². The Balaban J connectivity index is 1.31. The fourth-order valence-electron chi connectivity index (χ4n) is 9.98. The van der Waals surface area contributed by atoms with Crippen molar-refractivity contribution in [2.24, 2.45) is 51.5 Å². The van der Waals surface area contributed by atoms with Gasteiger partial charge in [-0.15, -0.1) is 12.3 Å². The van der Waals surface area contributed by atoms with E-state index in [0.717, 1.165) is 51.4 Å². The van der Waals surface area contributed by atoms with Crippen molar-refractivity contribution in [3.63, 3.8) is 0 Å². The van der Waals surface area contributed by atoms with E-state index in [2.05, 4.69) is 47.4 Å². The van der Waals surface area contributed by atoms with Crippen molar-refractivity contribution in [3.8, 4) is 12.3 Å². The quantitative estimate of drug-likeness (QED) is 0.0413. The molecular formula is C34H53N5O5. The number of allylic oxidation sites excluding steroid dienone is 1. The molecule has 0 aromatic heterocycles. The van der Waals surface area contributed by atoms with E-state index in [0.29, 0.717) is 30.6 Å². The van der Waals surface area contributed by atoms with Crippen LogP contribution in [0.4, 0.5) is 0 Å². The Morgan fingerprint density at radius 3 is 2.64 bits per heavy atom. The van der Waals surface area contributed by atoms with Gasteiger partial charge in [0.15, 0.2) is 0 Å². The van der Waals surface area contributed by atoms with E-state index in [1.54, 1.807) is 0 Å². The molecule has 0 radical (unpaired) electrons. The van der Waals surface area contributed by atoms with Gasteiger partial charge in [-0.05, 0) is 122 Å². The number of azide groups is 1. The van der Waals surface area contributed by atoms with Crippen molar-refractivity contribution in [2.75, 3.05) is 6.54 Å². The summed E-state index contributed by atoms with van der Waals surface area (Å²) >= 11 is 0. The van der Waals surface area contributed by atoms with Crippen molar-refractivity contribution in [1.29, 1.82) is 0 Å². The van der Waals surface area contributed by atoms with E-state index in [-0.39, 0.29) is 72.0 Å². The number of hydrogen-bond donors (Lipinski definition) is 5. The van der Waals surface area contributed by atoms with Gasteiger partial charge >= 0.3 is 0 Å². The number of aliphatic hydroxyl groups is 3. The normalized spacial score (nSPS) is 39.1. The summed E-state index contributed by atoms with van der Waals surface area (Å²) < 4.78 is 0. The highest BCUT2D eigenvalue weighted by molar-refractivity contribution is 5.88. The maximum atomic E-state index is 12.6. The van der Waals surface area contributed by atoms with Crippen LogP contribution in [-0.4, -0.2) is 58.2 Å². The highest BCUT2D eigenvalue weighted by atomic mass is 16.3. The molecule has 4 fully saturated rings. The van der Waals surface area contributed by atoms with Gasteiger partial charge in [0.25, 0.3) is 0 Å². The van der Waals surface area contributed by atoms with Crippen LogP contribution < -0.4 is 10.6 Å². The van der Waals surface area contributed by atoms with E-state index in [1.807, 2.05) is 6.08 Å². The van der Waals surface area contributed by atoms with E-state index >= 15 is 0 Å². The van der Waals surface area contributed by atoms with Gasteiger partial charge in [-0.25, -0.2) is 0 Å². The van der Waals surface area contributed by atoms with Crippen molar-refractivity contribution >= 4 is 11.8 Å². The first-order valence-electron chi connectivity index (χ1n) is 16.7. The predicted molar refractivity (Wildman–Crippen MR) is 168 cm³/mol. The molecule has 1 unspecified atom stereocenters. The van der Waals surface area contributed by atoms with Crippen LogP contribution in [0.15, 0.2) is 17.3 Å². The van der Waals surface area contributed by atoms with E-state index in [1.165, 1.54) is 6.08 Å². The zero-order valence-electron chi connectivity index (χ0n) is 26.7. The summed E-state index contributed by atoms with van der Waals surface area (Å²) in [6, 6.07) is 0. The molecule has 0 aliphatic heterocycles. The second-order valence-corrected chi connectivity index (χ2v) is 14.6. The summed E-state index contributed by atoms with van der Waals surface area (Å²) in [5, 5.41) is 42.5. The van der Waals surface area contributed by atoms with Gasteiger partial charge in [0, 0.05) is 24.3 Å². The highest BCUT2D eigenvalue weighted by Gasteiger charge is 2.65. The van der Waals surface area contributed by atoms with Crippen molar-refractivity contribution in [2.45, 2.75) is 122 Å². The molecule has 0 saturated heterocycles. The number of hydrogen-bond acceptors (Lipinski definition) is 6. The summed E-state index contributed by atoms with van der Waals surface area (Å²) in [5.41, 5.74) is 8.15. The lowest BCUT2D eigenvalue weighted by atomic mass is 9.43. The Morgan fingerprint density at radius 2 is 1.91 bits per heavy atom. The lowest BCUT2D eigenvalue weighted by Gasteiger charge is -2.63. The van der Waals surface area contributed by atoms with Crippen LogP contribution in [0.3, 0.4) is 0 Å². The molecule has 10 nitrogen and oxygen atoms in total. The molecule has 2 amide bonds. The Labute approximate surface area is 262 Å². The Kier molecular flexibility index (Phi) is 11.4. The van der Waals surface area contributed by atoms with E-state index < -0.39 is 12.3 Å². The smallest absolute Gasteiger partial charge is 0.245 e. The summed E-state index contributed by atoms with van der Waals surface area (Å²) in [4.78, 5) is 27.4. The molecule has 244 valence electrons. The Morgan fingerprint density at radius 1 is 1.14 bits per heavy atom. The van der Waals surface area contributed by atoms with Crippen molar-refractivity contribution in [1.82, 2.24) is 10.6 Å². The molecule has 12 atom stereocenters. The minimum atomic E-state index is -0.679. The zero-order valence-corrected chi connectivity index (χ0v) is 26.7. The van der Waals surface area contributed by atoms with Crippen LogP contribution in [0.1, 0.15) is 97.8 Å². The maximum Gasteiger partial charge on any atom is 0.245 e. The molecular weight excluding hydrogens is 558 g/mol. The first-order valence-corrected chi connectivity index (χ1v) is 16.7. The number of nitrogens with one attached hydrogen (secondary N) is 2. The standard InChI is InChI=1S/C34H53N5O5/c1-5-9-29(38-31(44)12-8-17-36-39-35)37-30(43)11-7-6-10-21(2)24-13-14-25-32-26(20-28(42)34(24,25)4)33(3)16-15-23(40)18-22(33)19-27(32)41/h1,7,11,21-29,32,40-42H,6,8-10,12-20H2,2-4H3,(H,37,43)(H,38,44)/b11-7+/t21-,22+,23-,24-,25+,26+,27-,28+,29?,32+,33+,34-/m1/s1. The van der Waals surface area contributed by atoms with Crippen LogP contribution in [0.2, 0.25) is 0 Å². The maximum absolute atomic E-state index is 12.6. The third-order valence-corrected chi connectivity index (χ3v) is 12.3. The van der Waals surface area contributed by atoms with Crippen LogP contribution in [-0.2, 0) is 9.59 Å². The molecule has 4 aliphatic rings. The summed E-state index contributed by atoms with van der Waals surface area (Å²) in [6.45, 7) is 7.10. The van der Waals surface area contributed by atoms with Crippen molar-refractivity contribution < 1.29 is 24.9 Å². The first-order chi connectivity index (χ1) is 20.9. The molecule has 0 aromatic rings. The van der Waals surface area contributed by atoms with Gasteiger partial charge in [-0.1, -0.05) is 32.0 Å². The fraction of sp³-hybridized carbons (Fsp3) is 0.824. The lowest BCUT2D eigenvalue weighted by molar-refractivity contribution is -0.207. The van der Waals surface area contributed by atoms with Crippen LogP contribution in [0, 0.1) is 58.7 Å². The van der Waals surface area contributed by atoms with E-state index in [4.69, 9.17) is 12.0 Å². The minimum absolute atomic E-state index is 0.0651. The monoisotopic (exact) mass is 611 g/mol. The lowest BCUT2D eigenvalue weighted by Crippen LogP contribution is -2.62. The SMILES string of the molecule is C#CCC(NC(=O)/C=C/CC[C@@H](C)[C@H]1CC[C@H]2[C@@H]3[C@H](O)C[C@@H]4C[C@H](O)CC[C@]4(C)[C@H]3C[C@H](O)[C@]12C)NC(=O)CCCN=[N+]=[N-]. The summed E-state index contributed by atoms with van der Waals surface area (Å²) in [5.74, 6) is 3.63. The number of terminal acetylenes is 1. The third kappa shape index (κ3) is 7.12. The average Bonchev–Trinajstić information content (AvgIpc) is 3.33.